The van der Waals surface area contributed by atoms with Gasteiger partial charge in [0, 0.05) is 0 Å². The molecule has 88 valence electrons. The molecule has 0 fully saturated rings. The summed E-state index contributed by atoms with van der Waals surface area (Å²) >= 11 is 2.39. The zero-order chi connectivity index (χ0) is 11.8. The van der Waals surface area contributed by atoms with Crippen LogP contribution in [-0.2, 0) is 0 Å². The second-order valence-electron chi connectivity index (χ2n) is 5.40. The first-order valence-electron chi connectivity index (χ1n) is 5.91. The Bertz CT molecular complexity index is 294. The van der Waals surface area contributed by atoms with Gasteiger partial charge in [0.25, 0.3) is 0 Å². The predicted octanol–water partition coefficient (Wildman–Crippen LogP) is 4.53. The van der Waals surface area contributed by atoms with Gasteiger partial charge in [-0.15, -0.1) is 0 Å². The van der Waals surface area contributed by atoms with Gasteiger partial charge in [0.1, 0.15) is 0 Å². The molecule has 0 aromatic rings. The first kappa shape index (κ1) is 13.8. The van der Waals surface area contributed by atoms with E-state index in [2.05, 4.69) is 90.3 Å². The number of rotatable bonds is 3. The fourth-order valence-electron chi connectivity index (χ4n) is 2.37. The molecule has 0 radical (unpaired) electrons. The number of hydrogen-bond acceptors (Lipinski definition) is 0. The fourth-order valence-corrected chi connectivity index (χ4v) is 3.48. The molecule has 0 saturated heterocycles. The van der Waals surface area contributed by atoms with Gasteiger partial charge in [0.15, 0.2) is 0 Å². The van der Waals surface area contributed by atoms with Crippen molar-refractivity contribution in [1.82, 2.24) is 0 Å². The molecule has 1 rings (SSSR count). The van der Waals surface area contributed by atoms with Gasteiger partial charge in [0.2, 0.25) is 0 Å². The Morgan fingerprint density at radius 1 is 1.00 bits per heavy atom. The van der Waals surface area contributed by atoms with Crippen molar-refractivity contribution >= 4 is 0 Å². The summed E-state index contributed by atoms with van der Waals surface area (Å²) in [7, 11) is 0. The van der Waals surface area contributed by atoms with Crippen molar-refractivity contribution < 1.29 is 36.6 Å². The second kappa shape index (κ2) is 4.95. The van der Waals surface area contributed by atoms with Gasteiger partial charge < -0.3 is 0 Å². The summed E-state index contributed by atoms with van der Waals surface area (Å²) in [5.74, 6) is 1.99. The Morgan fingerprint density at radius 3 is 1.87 bits per heavy atom. The molecular formula is C14H23Tb. The normalized spacial score (nSPS) is 26.6. The minimum atomic E-state index is 0.285. The quantitative estimate of drug-likeness (QED) is 0.702. The van der Waals surface area contributed by atoms with Gasteiger partial charge in [0.05, 0.1) is 0 Å². The van der Waals surface area contributed by atoms with Crippen molar-refractivity contribution in [2.24, 2.45) is 17.8 Å². The van der Waals surface area contributed by atoms with Crippen molar-refractivity contribution in [3.05, 3.63) is 23.3 Å². The van der Waals surface area contributed by atoms with E-state index < -0.39 is 0 Å². The summed E-state index contributed by atoms with van der Waals surface area (Å²) in [6.07, 6.45) is 4.78. The molecule has 15 heavy (non-hydrogen) atoms. The third kappa shape index (κ3) is 2.54. The molecule has 0 aliphatic heterocycles. The molecule has 0 N–H and O–H groups in total. The van der Waals surface area contributed by atoms with Gasteiger partial charge in [-0.2, -0.15) is 0 Å². The molecule has 0 nitrogen and oxygen atoms in total. The topological polar surface area (TPSA) is 0 Å². The summed E-state index contributed by atoms with van der Waals surface area (Å²) in [5.41, 5.74) is 3.23. The summed E-state index contributed by atoms with van der Waals surface area (Å²) in [6.45, 7) is 13.9. The Labute approximate surface area is 120 Å². The number of hydrogen-bond donors (Lipinski definition) is 0. The van der Waals surface area contributed by atoms with Crippen LogP contribution in [0, 0.1) is 54.4 Å². The molecule has 1 unspecified atom stereocenters. The Hall–Kier alpha value is 0.766. The first-order chi connectivity index (χ1) is 6.80. The van der Waals surface area contributed by atoms with E-state index in [-0.39, 0.29) is 1.39 Å². The van der Waals surface area contributed by atoms with Crippen LogP contribution in [-0.4, -0.2) is 0 Å². The van der Waals surface area contributed by atoms with E-state index in [9.17, 15) is 0 Å². The molecule has 0 aromatic heterocycles. The molecule has 0 aromatic carbocycles. The van der Waals surface area contributed by atoms with Crippen LogP contribution in [0.15, 0.2) is 23.3 Å². The van der Waals surface area contributed by atoms with Gasteiger partial charge in [-0.3, -0.25) is 0 Å². The summed E-state index contributed by atoms with van der Waals surface area (Å²) < 4.78 is 0.285. The molecule has 1 aliphatic rings. The average Bonchev–Trinajstić information content (AvgIpc) is 2.44. The van der Waals surface area contributed by atoms with Crippen LogP contribution < -0.4 is 0 Å². The van der Waals surface area contributed by atoms with Crippen molar-refractivity contribution in [3.63, 3.8) is 0 Å². The maximum absolute atomic E-state index is 2.42. The molecule has 0 bridgehead atoms. The van der Waals surface area contributed by atoms with Crippen LogP contribution >= 0.6 is 0 Å². The van der Waals surface area contributed by atoms with E-state index in [0.29, 0.717) is 17.8 Å². The van der Waals surface area contributed by atoms with Crippen molar-refractivity contribution in [1.29, 1.82) is 0 Å². The predicted molar refractivity (Wildman–Crippen MR) is 63.4 cm³/mol. The molecule has 1 atom stereocenters. The molecule has 0 amide bonds. The molecule has 1 heteroatoms. The van der Waals surface area contributed by atoms with Gasteiger partial charge in [-0.1, -0.05) is 0 Å². The van der Waals surface area contributed by atoms with Crippen LogP contribution in [0.2, 0.25) is 1.39 Å². The summed E-state index contributed by atoms with van der Waals surface area (Å²) in [4.78, 5) is 0. The van der Waals surface area contributed by atoms with Crippen molar-refractivity contribution in [3.8, 4) is 0 Å². The Morgan fingerprint density at radius 2 is 1.53 bits per heavy atom. The zero-order valence-corrected chi connectivity index (χ0v) is 12.9. The standard InChI is InChI=1S/C14H23.Tb/c1-9(2)12-7-8-13(10(3)4)14(12)11(5)6;/h7-11H,1-6H3;. The van der Waals surface area contributed by atoms with Crippen LogP contribution in [0.3, 0.4) is 0 Å². The van der Waals surface area contributed by atoms with Crippen molar-refractivity contribution in [2.45, 2.75) is 42.9 Å². The van der Waals surface area contributed by atoms with E-state index >= 15 is 0 Å². The van der Waals surface area contributed by atoms with Crippen LogP contribution in [0.5, 0.6) is 0 Å². The van der Waals surface area contributed by atoms with Gasteiger partial charge in [-0.05, 0) is 0 Å². The van der Waals surface area contributed by atoms with Gasteiger partial charge >= 0.3 is 121 Å². The molecule has 0 heterocycles. The first-order valence-corrected chi connectivity index (χ1v) is 6.98. The molecular weight excluding hydrogens is 327 g/mol. The Kier molecular flexibility index (Phi) is 4.57. The molecule has 0 saturated carbocycles. The summed E-state index contributed by atoms with van der Waals surface area (Å²) in [5, 5.41) is 0. The second-order valence-corrected chi connectivity index (χ2v) is 7.17. The third-order valence-electron chi connectivity index (χ3n) is 3.22. The Balaban J connectivity index is 3.22. The van der Waals surface area contributed by atoms with Crippen LogP contribution in [0.25, 0.3) is 0 Å². The fraction of sp³-hybridized carbons (Fsp3) is 0.714. The van der Waals surface area contributed by atoms with E-state index in [4.69, 9.17) is 0 Å². The van der Waals surface area contributed by atoms with Gasteiger partial charge in [-0.25, -0.2) is 0 Å². The van der Waals surface area contributed by atoms with Crippen LogP contribution in [0.1, 0.15) is 41.5 Å². The van der Waals surface area contributed by atoms with Crippen LogP contribution in [0.4, 0.5) is 0 Å². The minimum absolute atomic E-state index is 0.285. The third-order valence-corrected chi connectivity index (χ3v) is 5.39. The average molecular weight is 350 g/mol. The maximum atomic E-state index is 2.42. The summed E-state index contributed by atoms with van der Waals surface area (Å²) in [6, 6.07) is 0. The van der Waals surface area contributed by atoms with Crippen molar-refractivity contribution in [2.75, 3.05) is 0 Å². The zero-order valence-electron chi connectivity index (χ0n) is 10.7. The number of allylic oxidation sites excluding steroid dienone is 4. The van der Waals surface area contributed by atoms with E-state index in [1.54, 1.807) is 11.1 Å². The van der Waals surface area contributed by atoms with E-state index in [1.165, 1.54) is 0 Å². The molecule has 0 spiro atoms. The van der Waals surface area contributed by atoms with E-state index in [0.717, 1.165) is 0 Å². The molecule has 1 aliphatic carbocycles. The monoisotopic (exact) mass is 350 g/mol. The SMILES string of the molecule is CC(C)C1=C(C(C)C)[C]([Tb])(C(C)C)C=C1. The van der Waals surface area contributed by atoms with E-state index in [1.807, 2.05) is 0 Å².